The van der Waals surface area contributed by atoms with Crippen LogP contribution < -0.4 is 15.1 Å². The van der Waals surface area contributed by atoms with Gasteiger partial charge in [0.25, 0.3) is 6.01 Å². The second-order valence-corrected chi connectivity index (χ2v) is 12.2. The first kappa shape index (κ1) is 30.7. The molecule has 47 heavy (non-hydrogen) atoms. The summed E-state index contributed by atoms with van der Waals surface area (Å²) in [5.74, 6) is -2.05. The number of anilines is 3. The number of urea groups is 1. The van der Waals surface area contributed by atoms with Crippen molar-refractivity contribution in [2.45, 2.75) is 30.9 Å². The molecule has 9 nitrogen and oxygen atoms in total. The number of aromatic nitrogens is 2. The molecule has 2 aliphatic heterocycles. The molecule has 3 unspecified atom stereocenters. The van der Waals surface area contributed by atoms with E-state index in [2.05, 4.69) is 15.3 Å². The van der Waals surface area contributed by atoms with E-state index in [4.69, 9.17) is 4.42 Å². The summed E-state index contributed by atoms with van der Waals surface area (Å²) in [5.41, 5.74) is 0.701. The molecule has 0 radical (unpaired) electrons. The van der Waals surface area contributed by atoms with E-state index in [9.17, 15) is 27.2 Å². The van der Waals surface area contributed by atoms with Gasteiger partial charge in [0.1, 0.15) is 11.6 Å². The second kappa shape index (κ2) is 12.3. The normalized spacial score (nSPS) is 21.2. The highest BCUT2D eigenvalue weighted by Gasteiger charge is 2.50. The highest BCUT2D eigenvalue weighted by atomic mass is 19.4. The Morgan fingerprint density at radius 1 is 0.872 bits per heavy atom. The third-order valence-corrected chi connectivity index (χ3v) is 9.17. The molecule has 1 aliphatic carbocycles. The molecule has 7 rings (SSSR count). The molecule has 244 valence electrons. The monoisotopic (exact) mass is 648 g/mol. The van der Waals surface area contributed by atoms with Gasteiger partial charge in [-0.3, -0.25) is 4.79 Å². The van der Waals surface area contributed by atoms with E-state index in [1.165, 1.54) is 12.1 Å². The summed E-state index contributed by atoms with van der Waals surface area (Å²) >= 11 is 0. The zero-order valence-corrected chi connectivity index (χ0v) is 25.3. The van der Waals surface area contributed by atoms with Gasteiger partial charge < -0.3 is 24.4 Å². The van der Waals surface area contributed by atoms with Gasteiger partial charge >= 0.3 is 12.2 Å². The Hall–Kier alpha value is -4.94. The summed E-state index contributed by atoms with van der Waals surface area (Å²) in [6.07, 6.45) is -2.05. The zero-order valence-electron chi connectivity index (χ0n) is 25.3. The van der Waals surface area contributed by atoms with Gasteiger partial charge in [-0.25, -0.2) is 14.2 Å². The summed E-state index contributed by atoms with van der Waals surface area (Å²) in [4.78, 5) is 39.6. The van der Waals surface area contributed by atoms with E-state index in [0.717, 1.165) is 17.5 Å². The summed E-state index contributed by atoms with van der Waals surface area (Å²) in [7, 11) is 0. The molecule has 1 saturated carbocycles. The maximum atomic E-state index is 14.0. The lowest BCUT2D eigenvalue weighted by atomic mass is 9.99. The Labute approximate surface area is 268 Å². The number of nitrogens with one attached hydrogen (secondary N) is 1. The van der Waals surface area contributed by atoms with Crippen LogP contribution in [0.5, 0.6) is 0 Å². The van der Waals surface area contributed by atoms with Crippen LogP contribution in [0.3, 0.4) is 0 Å². The molecule has 0 spiro atoms. The van der Waals surface area contributed by atoms with E-state index in [1.807, 2.05) is 47.4 Å². The predicted molar refractivity (Wildman–Crippen MR) is 166 cm³/mol. The summed E-state index contributed by atoms with van der Waals surface area (Å²) in [6.45, 7) is 2.78. The molecule has 4 heterocycles. The van der Waals surface area contributed by atoms with E-state index in [0.29, 0.717) is 51.5 Å². The molecule has 2 aromatic heterocycles. The molecule has 2 saturated heterocycles. The first-order valence-corrected chi connectivity index (χ1v) is 15.6. The minimum atomic E-state index is -4.83. The van der Waals surface area contributed by atoms with Crippen molar-refractivity contribution in [3.8, 4) is 0 Å². The number of halogens is 4. The van der Waals surface area contributed by atoms with Crippen LogP contribution in [0.4, 0.5) is 39.9 Å². The van der Waals surface area contributed by atoms with Crippen molar-refractivity contribution in [1.29, 1.82) is 0 Å². The molecular weight excluding hydrogens is 616 g/mol. The van der Waals surface area contributed by atoms with Crippen LogP contribution in [-0.4, -0.2) is 66.0 Å². The summed E-state index contributed by atoms with van der Waals surface area (Å²) in [5, 5.41) is 2.60. The molecule has 4 aromatic rings. The van der Waals surface area contributed by atoms with Gasteiger partial charge in [0.2, 0.25) is 11.5 Å². The molecule has 3 atom stereocenters. The second-order valence-electron chi connectivity index (χ2n) is 12.2. The van der Waals surface area contributed by atoms with Crippen molar-refractivity contribution >= 4 is 29.3 Å². The molecule has 3 aliphatic rings. The van der Waals surface area contributed by atoms with E-state index < -0.39 is 35.1 Å². The number of alkyl halides is 3. The standard InChI is InChI=1S/C34H32F4N6O3/c35-26-8-4-5-9-27(26)40-32(46)43-16-14-42(15-17-43)28-11-10-22(19-39-28)24-18-25(24)29(45)30-31(34(36,37)38)41-33(47-30)44-13-12-23(20-44)21-6-2-1-3-7-21/h1-11,19,23-25H,12-18,20H2,(H,40,46). The average molecular weight is 649 g/mol. The van der Waals surface area contributed by atoms with Gasteiger partial charge in [0.05, 0.1) is 5.69 Å². The van der Waals surface area contributed by atoms with Crippen LogP contribution in [0.15, 0.2) is 77.3 Å². The number of pyridine rings is 1. The Kier molecular flexibility index (Phi) is 8.06. The Morgan fingerprint density at radius 3 is 2.32 bits per heavy atom. The lowest BCUT2D eigenvalue weighted by Crippen LogP contribution is -2.50. The van der Waals surface area contributed by atoms with Gasteiger partial charge in [-0.15, -0.1) is 0 Å². The van der Waals surface area contributed by atoms with Crippen LogP contribution in [0, 0.1) is 11.7 Å². The molecule has 2 aromatic carbocycles. The number of oxazole rings is 1. The molecule has 1 N–H and O–H groups in total. The number of benzene rings is 2. The van der Waals surface area contributed by atoms with Crippen molar-refractivity contribution in [3.05, 3.63) is 101 Å². The average Bonchev–Trinajstić information content (AvgIpc) is 3.48. The third kappa shape index (κ3) is 6.38. The summed E-state index contributed by atoms with van der Waals surface area (Å²) < 4.78 is 61.5. The lowest BCUT2D eigenvalue weighted by molar-refractivity contribution is -0.141. The number of Topliss-reactive ketones (excluding diaryl/α,β-unsaturated/α-hetero) is 1. The van der Waals surface area contributed by atoms with Crippen LogP contribution in [0.25, 0.3) is 0 Å². The number of ketones is 1. The van der Waals surface area contributed by atoms with Gasteiger partial charge in [-0.2, -0.15) is 18.2 Å². The van der Waals surface area contributed by atoms with Crippen molar-refractivity contribution in [2.24, 2.45) is 5.92 Å². The molecule has 2 amide bonds. The van der Waals surface area contributed by atoms with Crippen molar-refractivity contribution in [1.82, 2.24) is 14.9 Å². The van der Waals surface area contributed by atoms with Crippen molar-refractivity contribution < 1.29 is 31.6 Å². The fourth-order valence-electron chi connectivity index (χ4n) is 6.46. The quantitative estimate of drug-likeness (QED) is 0.179. The zero-order chi connectivity index (χ0) is 32.7. The maximum absolute atomic E-state index is 14.0. The number of carbonyl (C=O) groups is 2. The Balaban J connectivity index is 0.968. The number of hydrogen-bond acceptors (Lipinski definition) is 7. The highest BCUT2D eigenvalue weighted by Crippen LogP contribution is 2.50. The van der Waals surface area contributed by atoms with E-state index in [-0.39, 0.29) is 29.6 Å². The first-order valence-electron chi connectivity index (χ1n) is 15.6. The van der Waals surface area contributed by atoms with Gasteiger partial charge in [0.15, 0.2) is 5.69 Å². The van der Waals surface area contributed by atoms with Crippen LogP contribution in [0.2, 0.25) is 0 Å². The van der Waals surface area contributed by atoms with Crippen LogP contribution >= 0.6 is 0 Å². The third-order valence-electron chi connectivity index (χ3n) is 9.17. The van der Waals surface area contributed by atoms with Gasteiger partial charge in [0, 0.05) is 57.3 Å². The van der Waals surface area contributed by atoms with Crippen LogP contribution in [0.1, 0.15) is 52.1 Å². The van der Waals surface area contributed by atoms with E-state index >= 15 is 0 Å². The first-order chi connectivity index (χ1) is 22.7. The minimum Gasteiger partial charge on any atom is -0.420 e. The largest absolute Gasteiger partial charge is 0.437 e. The molecular formula is C34H32F4N6O3. The number of nitrogens with zero attached hydrogens (tertiary/aromatic N) is 5. The van der Waals surface area contributed by atoms with Gasteiger partial charge in [-0.1, -0.05) is 48.5 Å². The highest BCUT2D eigenvalue weighted by molar-refractivity contribution is 5.99. The lowest BCUT2D eigenvalue weighted by Gasteiger charge is -2.35. The Morgan fingerprint density at radius 2 is 1.62 bits per heavy atom. The van der Waals surface area contributed by atoms with Crippen molar-refractivity contribution in [2.75, 3.05) is 54.4 Å². The molecule has 0 bridgehead atoms. The fourth-order valence-corrected chi connectivity index (χ4v) is 6.46. The fraction of sp³-hybridized carbons (Fsp3) is 0.353. The van der Waals surface area contributed by atoms with Crippen LogP contribution in [-0.2, 0) is 6.18 Å². The number of carbonyl (C=O) groups excluding carboxylic acids is 2. The minimum absolute atomic E-state index is 0.121. The van der Waals surface area contributed by atoms with Crippen molar-refractivity contribution in [3.63, 3.8) is 0 Å². The van der Waals surface area contributed by atoms with E-state index in [1.54, 1.807) is 28.1 Å². The number of hydrogen-bond donors (Lipinski definition) is 1. The molecule has 3 fully saturated rings. The topological polar surface area (TPSA) is 94.8 Å². The number of piperazine rings is 1. The Bertz CT molecular complexity index is 1760. The number of rotatable bonds is 7. The summed E-state index contributed by atoms with van der Waals surface area (Å²) in [6, 6.07) is 18.8. The molecule has 13 heteroatoms. The number of amides is 2. The number of para-hydroxylation sites is 1. The predicted octanol–water partition coefficient (Wildman–Crippen LogP) is 6.56. The smallest absolute Gasteiger partial charge is 0.420 e. The maximum Gasteiger partial charge on any atom is 0.437 e. The van der Waals surface area contributed by atoms with Gasteiger partial charge in [-0.05, 0) is 48.1 Å². The SMILES string of the molecule is O=C(c1oc(N2CCC(c3ccccc3)C2)nc1C(F)(F)F)C1CC1c1ccc(N2CCN(C(=O)Nc3ccccc3F)CC2)nc1.